The van der Waals surface area contributed by atoms with E-state index in [1.54, 1.807) is 25.1 Å². The Morgan fingerprint density at radius 2 is 1.88 bits per heavy atom. The van der Waals surface area contributed by atoms with E-state index < -0.39 is 0 Å². The molecular formula is C17H16FN3O3. The molecule has 0 aliphatic carbocycles. The molecule has 0 aliphatic heterocycles. The maximum absolute atomic E-state index is 12.8. The normalized spacial score (nSPS) is 12.1. The summed E-state index contributed by atoms with van der Waals surface area (Å²) >= 11 is 0. The fourth-order valence-corrected chi connectivity index (χ4v) is 2.30. The van der Waals surface area contributed by atoms with Crippen molar-refractivity contribution in [3.63, 3.8) is 0 Å². The third kappa shape index (κ3) is 3.62. The van der Waals surface area contributed by atoms with E-state index in [4.69, 9.17) is 4.74 Å². The minimum Gasteiger partial charge on any atom is -0.489 e. The number of aromatic nitrogens is 2. The van der Waals surface area contributed by atoms with E-state index in [0.29, 0.717) is 22.3 Å². The summed E-state index contributed by atoms with van der Waals surface area (Å²) in [5.74, 6) is -0.0699. The van der Waals surface area contributed by atoms with Gasteiger partial charge in [0.1, 0.15) is 17.7 Å². The van der Waals surface area contributed by atoms with E-state index in [9.17, 15) is 14.0 Å². The molecule has 7 heteroatoms. The number of aromatic amines is 2. The Labute approximate surface area is 136 Å². The molecule has 0 saturated heterocycles. The SMILES string of the molecule is C[C@H](CNC(=O)c1ccc2[nH]c(=O)[nH]c2c1)Oc1ccc(F)cc1. The molecule has 6 nitrogen and oxygen atoms in total. The number of carbonyl (C=O) groups excluding carboxylic acids is 1. The lowest BCUT2D eigenvalue weighted by Crippen LogP contribution is -2.33. The number of rotatable bonds is 5. The molecule has 3 N–H and O–H groups in total. The molecule has 1 atom stereocenters. The van der Waals surface area contributed by atoms with E-state index in [0.717, 1.165) is 0 Å². The molecule has 0 saturated carbocycles. The van der Waals surface area contributed by atoms with Crippen LogP contribution in [0.15, 0.2) is 47.3 Å². The number of hydrogen-bond donors (Lipinski definition) is 3. The minimum absolute atomic E-state index is 0.270. The van der Waals surface area contributed by atoms with Gasteiger partial charge in [0.05, 0.1) is 17.6 Å². The van der Waals surface area contributed by atoms with Crippen molar-refractivity contribution in [2.24, 2.45) is 0 Å². The van der Waals surface area contributed by atoms with Gasteiger partial charge >= 0.3 is 5.69 Å². The van der Waals surface area contributed by atoms with Gasteiger partial charge in [0, 0.05) is 5.56 Å². The number of halogens is 1. The maximum Gasteiger partial charge on any atom is 0.323 e. The number of imidazole rings is 1. The second-order valence-corrected chi connectivity index (χ2v) is 5.43. The molecule has 3 rings (SSSR count). The number of fused-ring (bicyclic) bond motifs is 1. The fourth-order valence-electron chi connectivity index (χ4n) is 2.30. The van der Waals surface area contributed by atoms with Gasteiger partial charge in [-0.25, -0.2) is 9.18 Å². The number of nitrogens with one attached hydrogen (secondary N) is 3. The van der Waals surface area contributed by atoms with E-state index in [2.05, 4.69) is 15.3 Å². The van der Waals surface area contributed by atoms with Crippen LogP contribution in [0.25, 0.3) is 11.0 Å². The molecule has 0 spiro atoms. The van der Waals surface area contributed by atoms with Crippen LogP contribution in [0.3, 0.4) is 0 Å². The molecule has 0 radical (unpaired) electrons. The third-order valence-electron chi connectivity index (χ3n) is 3.48. The highest BCUT2D eigenvalue weighted by Crippen LogP contribution is 2.13. The molecule has 2 aromatic carbocycles. The summed E-state index contributed by atoms with van der Waals surface area (Å²) in [5, 5.41) is 2.76. The van der Waals surface area contributed by atoms with Crippen molar-refractivity contribution in [3.8, 4) is 5.75 Å². The van der Waals surface area contributed by atoms with Crippen molar-refractivity contribution in [1.29, 1.82) is 0 Å². The molecule has 0 fully saturated rings. The molecule has 0 unspecified atom stereocenters. The molecule has 1 amide bonds. The van der Waals surface area contributed by atoms with Gasteiger partial charge in [0.2, 0.25) is 0 Å². The Bertz CT molecular complexity index is 915. The van der Waals surface area contributed by atoms with Gasteiger partial charge in [0.25, 0.3) is 5.91 Å². The monoisotopic (exact) mass is 329 g/mol. The molecular weight excluding hydrogens is 313 g/mol. The van der Waals surface area contributed by atoms with E-state index in [-0.39, 0.29) is 30.1 Å². The van der Waals surface area contributed by atoms with Crippen LogP contribution in [0.2, 0.25) is 0 Å². The van der Waals surface area contributed by atoms with E-state index in [1.165, 1.54) is 24.3 Å². The molecule has 1 aromatic heterocycles. The van der Waals surface area contributed by atoms with Gasteiger partial charge in [-0.3, -0.25) is 4.79 Å². The van der Waals surface area contributed by atoms with Crippen molar-refractivity contribution in [3.05, 3.63) is 64.3 Å². The van der Waals surface area contributed by atoms with Crippen LogP contribution in [0.5, 0.6) is 5.75 Å². The number of amides is 1. The predicted molar refractivity (Wildman–Crippen MR) is 87.7 cm³/mol. The van der Waals surface area contributed by atoms with Gasteiger partial charge in [-0.1, -0.05) is 0 Å². The summed E-state index contributed by atoms with van der Waals surface area (Å²) in [6.45, 7) is 2.09. The van der Waals surface area contributed by atoms with Crippen LogP contribution in [0.4, 0.5) is 4.39 Å². The van der Waals surface area contributed by atoms with Crippen molar-refractivity contribution >= 4 is 16.9 Å². The Balaban J connectivity index is 1.59. The largest absolute Gasteiger partial charge is 0.489 e. The van der Waals surface area contributed by atoms with Gasteiger partial charge in [-0.05, 0) is 49.4 Å². The standard InChI is InChI=1S/C17H16FN3O3/c1-10(24-13-5-3-12(18)4-6-13)9-19-16(22)11-2-7-14-15(8-11)21-17(23)20-14/h2-8,10H,9H2,1H3,(H,19,22)(H2,20,21,23)/t10-/m1/s1. The first-order valence-electron chi connectivity index (χ1n) is 7.44. The Morgan fingerprint density at radius 1 is 1.17 bits per heavy atom. The zero-order chi connectivity index (χ0) is 17.1. The Morgan fingerprint density at radius 3 is 2.62 bits per heavy atom. The summed E-state index contributed by atoms with van der Waals surface area (Å²) in [6.07, 6.45) is -0.282. The molecule has 3 aromatic rings. The van der Waals surface area contributed by atoms with Gasteiger partial charge in [-0.15, -0.1) is 0 Å². The van der Waals surface area contributed by atoms with Crippen LogP contribution < -0.4 is 15.7 Å². The molecule has 0 aliphatic rings. The average molecular weight is 329 g/mol. The van der Waals surface area contributed by atoms with Crippen LogP contribution in [0, 0.1) is 5.82 Å². The lowest BCUT2D eigenvalue weighted by Gasteiger charge is -2.15. The predicted octanol–water partition coefficient (Wildman–Crippen LogP) is 2.19. The summed E-state index contributed by atoms with van der Waals surface area (Å²) in [5.41, 5.74) is 1.34. The lowest BCUT2D eigenvalue weighted by molar-refractivity contribution is 0.0932. The molecule has 24 heavy (non-hydrogen) atoms. The number of benzene rings is 2. The Hall–Kier alpha value is -3.09. The van der Waals surface area contributed by atoms with E-state index in [1.807, 2.05) is 0 Å². The van der Waals surface area contributed by atoms with Crippen LogP contribution in [-0.4, -0.2) is 28.5 Å². The first kappa shape index (κ1) is 15.8. The quantitative estimate of drug-likeness (QED) is 0.670. The highest BCUT2D eigenvalue weighted by Gasteiger charge is 2.10. The van der Waals surface area contributed by atoms with Crippen LogP contribution in [-0.2, 0) is 0 Å². The maximum atomic E-state index is 12.8. The fraction of sp³-hybridized carbons (Fsp3) is 0.176. The van der Waals surface area contributed by atoms with Crippen molar-refractivity contribution in [1.82, 2.24) is 15.3 Å². The van der Waals surface area contributed by atoms with Crippen molar-refractivity contribution in [2.75, 3.05) is 6.54 Å². The zero-order valence-electron chi connectivity index (χ0n) is 12.9. The third-order valence-corrected chi connectivity index (χ3v) is 3.48. The molecule has 1 heterocycles. The number of carbonyl (C=O) groups is 1. The summed E-state index contributed by atoms with van der Waals surface area (Å²) < 4.78 is 18.4. The highest BCUT2D eigenvalue weighted by molar-refractivity contribution is 5.97. The number of hydrogen-bond acceptors (Lipinski definition) is 3. The smallest absolute Gasteiger partial charge is 0.323 e. The van der Waals surface area contributed by atoms with Gasteiger partial charge in [-0.2, -0.15) is 0 Å². The lowest BCUT2D eigenvalue weighted by atomic mass is 10.2. The molecule has 0 bridgehead atoms. The van der Waals surface area contributed by atoms with Gasteiger partial charge < -0.3 is 20.0 Å². The van der Waals surface area contributed by atoms with Crippen LogP contribution >= 0.6 is 0 Å². The van der Waals surface area contributed by atoms with Gasteiger partial charge in [0.15, 0.2) is 0 Å². The number of ether oxygens (including phenoxy) is 1. The minimum atomic E-state index is -0.332. The Kier molecular flexibility index (Phi) is 4.33. The van der Waals surface area contributed by atoms with E-state index >= 15 is 0 Å². The average Bonchev–Trinajstić information content (AvgIpc) is 2.94. The zero-order valence-corrected chi connectivity index (χ0v) is 12.9. The van der Waals surface area contributed by atoms with Crippen molar-refractivity contribution < 1.29 is 13.9 Å². The second kappa shape index (κ2) is 6.57. The highest BCUT2D eigenvalue weighted by atomic mass is 19.1. The summed E-state index contributed by atoms with van der Waals surface area (Å²) in [7, 11) is 0. The van der Waals surface area contributed by atoms with Crippen molar-refractivity contribution in [2.45, 2.75) is 13.0 Å². The molecule has 124 valence electrons. The summed E-state index contributed by atoms with van der Waals surface area (Å²) in [6, 6.07) is 10.6. The topological polar surface area (TPSA) is 87.0 Å². The first-order chi connectivity index (χ1) is 11.5. The number of H-pyrrole nitrogens is 2. The summed E-state index contributed by atoms with van der Waals surface area (Å²) in [4.78, 5) is 28.6. The van der Waals surface area contributed by atoms with Crippen LogP contribution in [0.1, 0.15) is 17.3 Å². The second-order valence-electron chi connectivity index (χ2n) is 5.43. The first-order valence-corrected chi connectivity index (χ1v) is 7.44.